The van der Waals surface area contributed by atoms with E-state index in [4.69, 9.17) is 9.47 Å². The van der Waals surface area contributed by atoms with E-state index in [9.17, 15) is 4.21 Å². The fourth-order valence-corrected chi connectivity index (χ4v) is 2.32. The maximum atomic E-state index is 11.7. The molecule has 0 bridgehead atoms. The van der Waals surface area contributed by atoms with E-state index in [1.54, 1.807) is 7.11 Å². The minimum absolute atomic E-state index is 0.206. The number of methoxy groups -OCH3 is 1. The fourth-order valence-electron chi connectivity index (χ4n) is 1.16. The second-order valence-electron chi connectivity index (χ2n) is 3.14. The van der Waals surface area contributed by atoms with Crippen LogP contribution in [0.1, 0.15) is 0 Å². The van der Waals surface area contributed by atoms with Gasteiger partial charge in [0.25, 0.3) is 0 Å². The molecule has 2 unspecified atom stereocenters. The van der Waals surface area contributed by atoms with Crippen LogP contribution in [0, 0.1) is 0 Å². The third-order valence-electron chi connectivity index (χ3n) is 2.06. The maximum absolute atomic E-state index is 11.7. The molecule has 1 aliphatic rings. The molecule has 1 saturated heterocycles. The van der Waals surface area contributed by atoms with Crippen LogP contribution >= 0.6 is 0 Å². The molecule has 1 fully saturated rings. The molecule has 4 heteroatoms. The summed E-state index contributed by atoms with van der Waals surface area (Å²) in [6, 6.07) is 7.30. The van der Waals surface area contributed by atoms with Gasteiger partial charge in [-0.3, -0.25) is 4.21 Å². The van der Waals surface area contributed by atoms with Crippen LogP contribution in [0.25, 0.3) is 0 Å². The van der Waals surface area contributed by atoms with E-state index in [-0.39, 0.29) is 6.10 Å². The molecule has 0 spiro atoms. The fraction of sp³-hybridized carbons (Fsp3) is 0.400. The van der Waals surface area contributed by atoms with Crippen LogP contribution in [0.3, 0.4) is 0 Å². The van der Waals surface area contributed by atoms with Gasteiger partial charge in [-0.15, -0.1) is 0 Å². The van der Waals surface area contributed by atoms with Gasteiger partial charge in [0, 0.05) is 4.90 Å². The lowest BCUT2D eigenvalue weighted by Gasteiger charge is -2.02. The number of epoxide rings is 1. The Balaban J connectivity index is 2.03. The number of rotatable bonds is 4. The molecular formula is C10H12O3S. The third-order valence-corrected chi connectivity index (χ3v) is 3.53. The molecule has 0 saturated carbocycles. The van der Waals surface area contributed by atoms with Crippen molar-refractivity contribution in [2.45, 2.75) is 11.0 Å². The van der Waals surface area contributed by atoms with E-state index in [0.717, 1.165) is 17.3 Å². The lowest BCUT2D eigenvalue weighted by molar-refractivity contribution is 0.414. The van der Waals surface area contributed by atoms with Crippen molar-refractivity contribution in [3.05, 3.63) is 24.3 Å². The summed E-state index contributed by atoms with van der Waals surface area (Å²) in [4.78, 5) is 0.835. The highest BCUT2D eigenvalue weighted by atomic mass is 32.2. The van der Waals surface area contributed by atoms with E-state index < -0.39 is 10.8 Å². The second kappa shape index (κ2) is 4.11. The van der Waals surface area contributed by atoms with Gasteiger partial charge in [0.1, 0.15) is 5.75 Å². The largest absolute Gasteiger partial charge is 0.497 e. The zero-order valence-electron chi connectivity index (χ0n) is 7.93. The molecule has 0 amide bonds. The van der Waals surface area contributed by atoms with Gasteiger partial charge in [-0.2, -0.15) is 0 Å². The van der Waals surface area contributed by atoms with Crippen molar-refractivity contribution in [1.29, 1.82) is 0 Å². The van der Waals surface area contributed by atoms with Crippen molar-refractivity contribution < 1.29 is 13.7 Å². The smallest absolute Gasteiger partial charge is 0.118 e. The molecule has 1 aromatic carbocycles. The lowest BCUT2D eigenvalue weighted by Crippen LogP contribution is -2.03. The van der Waals surface area contributed by atoms with Gasteiger partial charge in [-0.25, -0.2) is 0 Å². The zero-order chi connectivity index (χ0) is 9.97. The van der Waals surface area contributed by atoms with Crippen LogP contribution in [0.15, 0.2) is 29.2 Å². The number of ether oxygens (including phenoxy) is 2. The highest BCUT2D eigenvalue weighted by Crippen LogP contribution is 2.18. The first kappa shape index (κ1) is 9.68. The predicted octanol–water partition coefficient (Wildman–Crippen LogP) is 1.20. The molecular weight excluding hydrogens is 200 g/mol. The number of hydrogen-bond donors (Lipinski definition) is 0. The third kappa shape index (κ3) is 2.33. The standard InChI is InChI=1S/C10H12O3S/c1-12-8-2-4-10(5-3-8)14(11)7-9-6-13-9/h2-5,9H,6-7H2,1H3. The van der Waals surface area contributed by atoms with Gasteiger partial charge in [-0.1, -0.05) is 0 Å². The lowest BCUT2D eigenvalue weighted by atomic mass is 10.3. The van der Waals surface area contributed by atoms with E-state index >= 15 is 0 Å². The first-order chi connectivity index (χ1) is 6.79. The molecule has 76 valence electrons. The first-order valence-electron chi connectivity index (χ1n) is 4.43. The minimum Gasteiger partial charge on any atom is -0.497 e. The molecule has 14 heavy (non-hydrogen) atoms. The minimum atomic E-state index is -0.942. The van der Waals surface area contributed by atoms with E-state index in [0.29, 0.717) is 5.75 Å². The summed E-state index contributed by atoms with van der Waals surface area (Å²) in [6.07, 6.45) is 0.206. The van der Waals surface area contributed by atoms with Gasteiger partial charge in [0.05, 0.1) is 36.4 Å². The summed E-state index contributed by atoms with van der Waals surface area (Å²) >= 11 is 0. The average Bonchev–Trinajstić information content (AvgIpc) is 3.02. The van der Waals surface area contributed by atoms with E-state index in [1.165, 1.54) is 0 Å². The summed E-state index contributed by atoms with van der Waals surface area (Å²) in [5.74, 6) is 1.39. The maximum Gasteiger partial charge on any atom is 0.118 e. The van der Waals surface area contributed by atoms with Gasteiger partial charge >= 0.3 is 0 Å². The Bertz CT molecular complexity index is 330. The van der Waals surface area contributed by atoms with E-state index in [2.05, 4.69) is 0 Å². The molecule has 0 aliphatic carbocycles. The number of benzene rings is 1. The van der Waals surface area contributed by atoms with Gasteiger partial charge < -0.3 is 9.47 Å². The molecule has 0 aromatic heterocycles. The molecule has 3 nitrogen and oxygen atoms in total. The number of hydrogen-bond acceptors (Lipinski definition) is 3. The zero-order valence-corrected chi connectivity index (χ0v) is 8.75. The van der Waals surface area contributed by atoms with Crippen molar-refractivity contribution in [3.63, 3.8) is 0 Å². The Morgan fingerprint density at radius 3 is 2.64 bits per heavy atom. The first-order valence-corrected chi connectivity index (χ1v) is 5.75. The summed E-state index contributed by atoms with van der Waals surface area (Å²) in [7, 11) is 0.673. The van der Waals surface area contributed by atoms with Crippen molar-refractivity contribution in [3.8, 4) is 5.75 Å². The summed E-state index contributed by atoms with van der Waals surface area (Å²) in [6.45, 7) is 0.752. The van der Waals surface area contributed by atoms with Crippen LogP contribution in [0.2, 0.25) is 0 Å². The van der Waals surface area contributed by atoms with Crippen LogP contribution in [0.4, 0.5) is 0 Å². The Morgan fingerprint density at radius 2 is 2.14 bits per heavy atom. The molecule has 0 radical (unpaired) electrons. The monoisotopic (exact) mass is 212 g/mol. The Kier molecular flexibility index (Phi) is 2.84. The predicted molar refractivity (Wildman–Crippen MR) is 54.0 cm³/mol. The molecule has 2 atom stereocenters. The Morgan fingerprint density at radius 1 is 1.50 bits per heavy atom. The van der Waals surface area contributed by atoms with Gasteiger partial charge in [0.2, 0.25) is 0 Å². The summed E-state index contributed by atoms with van der Waals surface area (Å²) < 4.78 is 21.7. The molecule has 2 rings (SSSR count). The Hall–Kier alpha value is -0.870. The van der Waals surface area contributed by atoms with Crippen molar-refractivity contribution >= 4 is 10.8 Å². The van der Waals surface area contributed by atoms with Crippen molar-refractivity contribution in [2.24, 2.45) is 0 Å². The van der Waals surface area contributed by atoms with Crippen LogP contribution in [-0.4, -0.2) is 29.8 Å². The van der Waals surface area contributed by atoms with Crippen LogP contribution in [0.5, 0.6) is 5.75 Å². The molecule has 1 aromatic rings. The SMILES string of the molecule is COc1ccc(S(=O)CC2CO2)cc1. The van der Waals surface area contributed by atoms with Crippen LogP contribution < -0.4 is 4.74 Å². The summed E-state index contributed by atoms with van der Waals surface area (Å²) in [5, 5.41) is 0. The molecule has 1 aliphatic heterocycles. The van der Waals surface area contributed by atoms with Crippen molar-refractivity contribution in [1.82, 2.24) is 0 Å². The highest BCUT2D eigenvalue weighted by Gasteiger charge is 2.25. The quantitative estimate of drug-likeness (QED) is 0.704. The molecule has 1 heterocycles. The second-order valence-corrected chi connectivity index (χ2v) is 4.64. The van der Waals surface area contributed by atoms with Crippen LogP contribution in [-0.2, 0) is 15.5 Å². The van der Waals surface area contributed by atoms with E-state index in [1.807, 2.05) is 24.3 Å². The topological polar surface area (TPSA) is 38.8 Å². The normalized spacial score (nSPS) is 21.6. The van der Waals surface area contributed by atoms with Gasteiger partial charge in [-0.05, 0) is 24.3 Å². The molecule has 0 N–H and O–H groups in total. The average molecular weight is 212 g/mol. The summed E-state index contributed by atoms with van der Waals surface area (Å²) in [5.41, 5.74) is 0. The van der Waals surface area contributed by atoms with Gasteiger partial charge in [0.15, 0.2) is 0 Å². The highest BCUT2D eigenvalue weighted by molar-refractivity contribution is 7.85. The Labute approximate surface area is 85.5 Å². The van der Waals surface area contributed by atoms with Crippen molar-refractivity contribution in [2.75, 3.05) is 19.5 Å².